The molecule has 0 bridgehead atoms. The molecule has 1 unspecified atom stereocenters. The summed E-state index contributed by atoms with van der Waals surface area (Å²) in [4.78, 5) is 26.3. The number of nitrogens with two attached hydrogens (primary N) is 2. The highest BCUT2D eigenvalue weighted by Gasteiger charge is 2.22. The Morgan fingerprint density at radius 1 is 1.52 bits per heavy atom. The number of amides is 1. The molecule has 9 nitrogen and oxygen atoms in total. The van der Waals surface area contributed by atoms with Gasteiger partial charge in [-0.2, -0.15) is 0 Å². The Morgan fingerprint density at radius 2 is 2.28 bits per heavy atom. The molecule has 10 heteroatoms. The molecular weight excluding hydrogens is 346 g/mol. The number of aliphatic imine (C=N–C) groups is 1. The number of rotatable bonds is 7. The molecule has 1 aliphatic rings. The summed E-state index contributed by atoms with van der Waals surface area (Å²) in [5.74, 6) is -0.106. The van der Waals surface area contributed by atoms with Crippen LogP contribution in [-0.2, 0) is 20.7 Å². The second kappa shape index (κ2) is 8.81. The molecule has 1 atom stereocenters. The van der Waals surface area contributed by atoms with Crippen molar-refractivity contribution in [3.05, 3.63) is 23.4 Å². The van der Waals surface area contributed by atoms with Gasteiger partial charge in [0.15, 0.2) is 5.03 Å². The molecule has 1 aromatic heterocycles. The number of aromatic nitrogens is 1. The van der Waals surface area contributed by atoms with Gasteiger partial charge in [0.25, 0.3) is 5.91 Å². The molecule has 1 aliphatic heterocycles. The largest absolute Gasteiger partial charge is 0.387 e. The zero-order chi connectivity index (χ0) is 18.4. The summed E-state index contributed by atoms with van der Waals surface area (Å²) in [6.07, 6.45) is 3.86. The number of carbonyl (C=O) groups excluding carboxylic acids is 1. The van der Waals surface area contributed by atoms with Crippen molar-refractivity contribution in [3.8, 4) is 0 Å². The van der Waals surface area contributed by atoms with Gasteiger partial charge in [0.05, 0.1) is 12.3 Å². The van der Waals surface area contributed by atoms with Gasteiger partial charge in [-0.3, -0.25) is 9.63 Å². The smallest absolute Gasteiger partial charge is 0.273 e. The van der Waals surface area contributed by atoms with Crippen molar-refractivity contribution in [1.82, 2.24) is 10.0 Å². The van der Waals surface area contributed by atoms with E-state index < -0.39 is 11.1 Å². The summed E-state index contributed by atoms with van der Waals surface area (Å²) in [5, 5.41) is 1.24. The minimum Gasteiger partial charge on any atom is -0.387 e. The second-order valence-electron chi connectivity index (χ2n) is 5.31. The van der Waals surface area contributed by atoms with Crippen molar-refractivity contribution in [2.45, 2.75) is 24.8 Å². The Labute approximate surface area is 148 Å². The van der Waals surface area contributed by atoms with Gasteiger partial charge in [-0.25, -0.2) is 19.2 Å². The van der Waals surface area contributed by atoms with Crippen molar-refractivity contribution >= 4 is 34.6 Å². The van der Waals surface area contributed by atoms with E-state index in [1.807, 2.05) is 6.92 Å². The van der Waals surface area contributed by atoms with E-state index in [0.29, 0.717) is 29.9 Å². The molecule has 0 aromatic carbocycles. The van der Waals surface area contributed by atoms with Crippen LogP contribution in [0, 0.1) is 0 Å². The summed E-state index contributed by atoms with van der Waals surface area (Å²) in [7, 11) is 0. The third-order valence-electron chi connectivity index (χ3n) is 3.32. The lowest BCUT2D eigenvalue weighted by molar-refractivity contribution is -0.181. The molecular formula is C15H21N5O4S. The molecule has 0 spiro atoms. The fourth-order valence-corrected chi connectivity index (χ4v) is 2.61. The van der Waals surface area contributed by atoms with Crippen molar-refractivity contribution in [3.63, 3.8) is 0 Å². The molecule has 0 saturated carbocycles. The van der Waals surface area contributed by atoms with Gasteiger partial charge in [0, 0.05) is 42.9 Å². The Bertz CT molecular complexity index is 735. The Balaban J connectivity index is 2.36. The number of carbonyl (C=O) groups is 1. The lowest BCUT2D eigenvalue weighted by Gasteiger charge is -2.22. The molecule has 136 valence electrons. The fraction of sp³-hybridized carbons (Fsp3) is 0.400. The van der Waals surface area contributed by atoms with E-state index in [1.54, 1.807) is 6.08 Å². The van der Waals surface area contributed by atoms with Crippen LogP contribution in [0.5, 0.6) is 0 Å². The van der Waals surface area contributed by atoms with E-state index >= 15 is 0 Å². The zero-order valence-corrected chi connectivity index (χ0v) is 14.7. The first-order chi connectivity index (χ1) is 12.0. The van der Waals surface area contributed by atoms with Crippen LogP contribution < -0.4 is 11.5 Å². The number of nitrogens with zero attached hydrogens (tertiary/aromatic N) is 3. The van der Waals surface area contributed by atoms with Gasteiger partial charge in [0.1, 0.15) is 5.84 Å². The van der Waals surface area contributed by atoms with Crippen LogP contribution in [-0.4, -0.2) is 50.2 Å². The predicted molar refractivity (Wildman–Crippen MR) is 94.2 cm³/mol. The molecule has 2 rings (SSSR count). The molecule has 0 aliphatic carbocycles. The van der Waals surface area contributed by atoms with Crippen LogP contribution in [0.2, 0.25) is 0 Å². The third kappa shape index (κ3) is 4.92. The number of hydrogen-bond acceptors (Lipinski definition) is 7. The standard InChI is InChI=1S/C15H21N5O4S/c1-2-4-20(24-5-3-16)15(21)10-6-11-9-18-14(25(22)23)8-12(11)19-13(17)7-10/h6,8-9H,2-5,7,16H2,1H3,(H2,17,19)(H,22,23). The first-order valence-electron chi connectivity index (χ1n) is 7.75. The highest BCUT2D eigenvalue weighted by molar-refractivity contribution is 7.79. The van der Waals surface area contributed by atoms with E-state index in [0.717, 1.165) is 6.42 Å². The van der Waals surface area contributed by atoms with Crippen molar-refractivity contribution < 1.29 is 18.4 Å². The van der Waals surface area contributed by atoms with E-state index in [9.17, 15) is 9.00 Å². The van der Waals surface area contributed by atoms with Crippen molar-refractivity contribution in [2.24, 2.45) is 16.5 Å². The monoisotopic (exact) mass is 367 g/mol. The number of amidine groups is 1. The van der Waals surface area contributed by atoms with Gasteiger partial charge in [0.2, 0.25) is 11.1 Å². The van der Waals surface area contributed by atoms with Crippen molar-refractivity contribution in [2.75, 3.05) is 19.7 Å². The van der Waals surface area contributed by atoms with Gasteiger partial charge < -0.3 is 16.0 Å². The van der Waals surface area contributed by atoms with Gasteiger partial charge >= 0.3 is 0 Å². The highest BCUT2D eigenvalue weighted by atomic mass is 32.2. The average molecular weight is 367 g/mol. The van der Waals surface area contributed by atoms with Crippen LogP contribution in [0.25, 0.3) is 6.08 Å². The summed E-state index contributed by atoms with van der Waals surface area (Å²) in [6, 6.07) is 1.37. The maximum atomic E-state index is 12.7. The molecule has 0 fully saturated rings. The molecule has 0 saturated heterocycles. The van der Waals surface area contributed by atoms with Crippen LogP contribution in [0.1, 0.15) is 25.3 Å². The average Bonchev–Trinajstić information content (AvgIpc) is 2.75. The molecule has 25 heavy (non-hydrogen) atoms. The van der Waals surface area contributed by atoms with Crippen LogP contribution in [0.15, 0.2) is 27.9 Å². The summed E-state index contributed by atoms with van der Waals surface area (Å²) in [6.45, 7) is 2.87. The Kier molecular flexibility index (Phi) is 6.76. The van der Waals surface area contributed by atoms with Crippen LogP contribution in [0.4, 0.5) is 5.69 Å². The quantitative estimate of drug-likeness (QED) is 0.472. The highest BCUT2D eigenvalue weighted by Crippen LogP contribution is 2.28. The maximum Gasteiger partial charge on any atom is 0.273 e. The van der Waals surface area contributed by atoms with Crippen LogP contribution >= 0.6 is 0 Å². The van der Waals surface area contributed by atoms with Gasteiger partial charge in [-0.15, -0.1) is 0 Å². The first-order valence-corrected chi connectivity index (χ1v) is 8.86. The zero-order valence-electron chi connectivity index (χ0n) is 13.8. The van der Waals surface area contributed by atoms with E-state index in [1.165, 1.54) is 17.3 Å². The molecule has 0 radical (unpaired) electrons. The number of pyridine rings is 1. The van der Waals surface area contributed by atoms with E-state index in [-0.39, 0.29) is 29.8 Å². The fourth-order valence-electron chi connectivity index (χ4n) is 2.26. The summed E-state index contributed by atoms with van der Waals surface area (Å²) in [5.41, 5.74) is 12.6. The Hall–Kier alpha value is -2.14. The second-order valence-corrected chi connectivity index (χ2v) is 6.23. The molecule has 1 amide bonds. The van der Waals surface area contributed by atoms with Crippen LogP contribution in [0.3, 0.4) is 0 Å². The SMILES string of the molecule is CCCN(OCCN)C(=O)C1=Cc2cnc(S(=O)O)cc2N=C(N)C1. The minimum atomic E-state index is -2.22. The molecule has 5 N–H and O–H groups in total. The van der Waals surface area contributed by atoms with Gasteiger partial charge in [-0.1, -0.05) is 6.92 Å². The molecule has 2 heterocycles. The normalized spacial score (nSPS) is 14.8. The van der Waals surface area contributed by atoms with Crippen molar-refractivity contribution in [1.29, 1.82) is 0 Å². The van der Waals surface area contributed by atoms with E-state index in [4.69, 9.17) is 20.9 Å². The maximum absolute atomic E-state index is 12.7. The van der Waals surface area contributed by atoms with E-state index in [2.05, 4.69) is 9.98 Å². The Morgan fingerprint density at radius 3 is 2.92 bits per heavy atom. The molecule has 1 aromatic rings. The summed E-state index contributed by atoms with van der Waals surface area (Å²) < 4.78 is 20.3. The lowest BCUT2D eigenvalue weighted by Crippen LogP contribution is -2.35. The number of hydroxylamine groups is 2. The topological polar surface area (TPSA) is 144 Å². The number of fused-ring (bicyclic) bond motifs is 1. The number of hydrogen-bond donors (Lipinski definition) is 3. The van der Waals surface area contributed by atoms with Gasteiger partial charge in [-0.05, 0) is 12.5 Å². The third-order valence-corrected chi connectivity index (χ3v) is 3.91. The predicted octanol–water partition coefficient (Wildman–Crippen LogP) is 0.567. The minimum absolute atomic E-state index is 0.0302. The lowest BCUT2D eigenvalue weighted by atomic mass is 10.1. The summed E-state index contributed by atoms with van der Waals surface area (Å²) >= 11 is -2.22. The first kappa shape index (κ1) is 19.2.